The number of imidazole rings is 1. The minimum absolute atomic E-state index is 0.0361. The fourth-order valence-electron chi connectivity index (χ4n) is 3.85. The summed E-state index contributed by atoms with van der Waals surface area (Å²) < 4.78 is 0. The first-order valence-electron chi connectivity index (χ1n) is 12.3. The number of benzene rings is 2. The Labute approximate surface area is 225 Å². The van der Waals surface area contributed by atoms with Crippen LogP contribution in [-0.2, 0) is 38.4 Å². The molecule has 0 aliphatic carbocycles. The van der Waals surface area contributed by atoms with Crippen molar-refractivity contribution in [2.75, 3.05) is 6.61 Å². The summed E-state index contributed by atoms with van der Waals surface area (Å²) in [5.74, 6) is -3.49. The molecule has 4 atom stereocenters. The highest BCUT2D eigenvalue weighted by molar-refractivity contribution is 5.94. The van der Waals surface area contributed by atoms with Crippen molar-refractivity contribution in [1.29, 1.82) is 0 Å². The average Bonchev–Trinajstić information content (AvgIpc) is 3.45. The number of carbonyl (C=O) groups is 4. The number of nitrogens with zero attached hydrogens (tertiary/aromatic N) is 1. The SMILES string of the molecule is NC(Cc1ccccc1)C(=O)NC(CO)C(=O)NC(Cc1ccccc1)C(=O)NC(Cc1cnc[nH]1)C(=O)O. The molecule has 2 aromatic carbocycles. The Balaban J connectivity index is 1.69. The molecule has 12 heteroatoms. The van der Waals surface area contributed by atoms with E-state index in [2.05, 4.69) is 25.9 Å². The molecule has 3 aromatic rings. The van der Waals surface area contributed by atoms with Crippen molar-refractivity contribution in [3.63, 3.8) is 0 Å². The largest absolute Gasteiger partial charge is 0.480 e. The van der Waals surface area contributed by atoms with Crippen molar-refractivity contribution in [1.82, 2.24) is 25.9 Å². The molecule has 8 N–H and O–H groups in total. The monoisotopic (exact) mass is 536 g/mol. The van der Waals surface area contributed by atoms with Crippen molar-refractivity contribution in [3.8, 4) is 0 Å². The number of carboxylic acids is 1. The van der Waals surface area contributed by atoms with Crippen LogP contribution in [0.15, 0.2) is 73.2 Å². The molecule has 1 heterocycles. The molecule has 1 aromatic heterocycles. The topological polar surface area (TPSA) is 200 Å². The highest BCUT2D eigenvalue weighted by Crippen LogP contribution is 2.07. The van der Waals surface area contributed by atoms with Gasteiger partial charge in [0, 0.05) is 24.7 Å². The molecule has 0 aliphatic rings. The van der Waals surface area contributed by atoms with Gasteiger partial charge in [0.05, 0.1) is 19.0 Å². The molecule has 3 rings (SSSR count). The molecule has 0 fully saturated rings. The van der Waals surface area contributed by atoms with E-state index in [-0.39, 0.29) is 19.3 Å². The lowest BCUT2D eigenvalue weighted by molar-refractivity contribution is -0.142. The van der Waals surface area contributed by atoms with Gasteiger partial charge in [-0.2, -0.15) is 0 Å². The molecule has 0 bridgehead atoms. The van der Waals surface area contributed by atoms with E-state index in [9.17, 15) is 29.4 Å². The Bertz CT molecular complexity index is 1220. The number of nitrogens with two attached hydrogens (primary N) is 1. The van der Waals surface area contributed by atoms with Crippen LogP contribution in [0.5, 0.6) is 0 Å². The minimum atomic E-state index is -1.38. The number of amides is 3. The second-order valence-corrected chi connectivity index (χ2v) is 8.97. The maximum atomic E-state index is 13.2. The minimum Gasteiger partial charge on any atom is -0.480 e. The number of aromatic amines is 1. The highest BCUT2D eigenvalue weighted by atomic mass is 16.4. The van der Waals surface area contributed by atoms with Crippen LogP contribution in [0, 0.1) is 0 Å². The number of H-pyrrole nitrogens is 1. The van der Waals surface area contributed by atoms with E-state index in [0.717, 1.165) is 5.56 Å². The molecule has 0 radical (unpaired) electrons. The summed E-state index contributed by atoms with van der Waals surface area (Å²) in [4.78, 5) is 57.3. The Kier molecular flexibility index (Phi) is 10.7. The van der Waals surface area contributed by atoms with Crippen molar-refractivity contribution < 1.29 is 29.4 Å². The Hall–Kier alpha value is -4.55. The number of hydrogen-bond acceptors (Lipinski definition) is 7. The first-order valence-corrected chi connectivity index (χ1v) is 12.3. The third-order valence-electron chi connectivity index (χ3n) is 5.96. The number of aliphatic carboxylic acids is 1. The summed E-state index contributed by atoms with van der Waals surface area (Å²) in [5.41, 5.74) is 8.02. The van der Waals surface area contributed by atoms with Gasteiger partial charge in [-0.1, -0.05) is 60.7 Å². The summed E-state index contributed by atoms with van der Waals surface area (Å²) in [6.45, 7) is -0.743. The number of hydrogen-bond donors (Lipinski definition) is 7. The van der Waals surface area contributed by atoms with Gasteiger partial charge in [-0.15, -0.1) is 0 Å². The smallest absolute Gasteiger partial charge is 0.326 e. The average molecular weight is 537 g/mol. The maximum Gasteiger partial charge on any atom is 0.326 e. The van der Waals surface area contributed by atoms with E-state index in [4.69, 9.17) is 5.73 Å². The third-order valence-corrected chi connectivity index (χ3v) is 5.96. The van der Waals surface area contributed by atoms with Crippen LogP contribution < -0.4 is 21.7 Å². The number of nitrogens with one attached hydrogen (secondary N) is 4. The predicted molar refractivity (Wildman–Crippen MR) is 141 cm³/mol. The highest BCUT2D eigenvalue weighted by Gasteiger charge is 2.30. The first-order chi connectivity index (χ1) is 18.8. The molecular weight excluding hydrogens is 504 g/mol. The molecular formula is C27H32N6O6. The van der Waals surface area contributed by atoms with E-state index in [1.807, 2.05) is 30.3 Å². The molecule has 39 heavy (non-hydrogen) atoms. The Morgan fingerprint density at radius 3 is 1.85 bits per heavy atom. The van der Waals surface area contributed by atoms with Crippen molar-refractivity contribution in [2.45, 2.75) is 43.4 Å². The molecule has 0 aliphatic heterocycles. The van der Waals surface area contributed by atoms with Crippen LogP contribution in [-0.4, -0.2) is 74.6 Å². The van der Waals surface area contributed by atoms with Gasteiger partial charge in [0.2, 0.25) is 17.7 Å². The summed E-state index contributed by atoms with van der Waals surface area (Å²) >= 11 is 0. The molecule has 12 nitrogen and oxygen atoms in total. The summed E-state index contributed by atoms with van der Waals surface area (Å²) in [6, 6.07) is 13.0. The molecule has 3 amide bonds. The van der Waals surface area contributed by atoms with Crippen LogP contribution >= 0.6 is 0 Å². The lowest BCUT2D eigenvalue weighted by Crippen LogP contribution is -2.58. The van der Waals surface area contributed by atoms with E-state index in [1.54, 1.807) is 30.3 Å². The second kappa shape index (κ2) is 14.4. The fraction of sp³-hybridized carbons (Fsp3) is 0.296. The van der Waals surface area contributed by atoms with Crippen LogP contribution in [0.3, 0.4) is 0 Å². The zero-order chi connectivity index (χ0) is 28.2. The lowest BCUT2D eigenvalue weighted by atomic mass is 10.0. The van der Waals surface area contributed by atoms with Crippen molar-refractivity contribution in [2.24, 2.45) is 5.73 Å². The normalized spacial score (nSPS) is 13.9. The van der Waals surface area contributed by atoms with Gasteiger partial charge < -0.3 is 36.9 Å². The van der Waals surface area contributed by atoms with Crippen LogP contribution in [0.2, 0.25) is 0 Å². The van der Waals surface area contributed by atoms with E-state index in [0.29, 0.717) is 11.3 Å². The van der Waals surface area contributed by atoms with Crippen LogP contribution in [0.25, 0.3) is 0 Å². The van der Waals surface area contributed by atoms with Crippen molar-refractivity contribution >= 4 is 23.7 Å². The molecule has 206 valence electrons. The lowest BCUT2D eigenvalue weighted by Gasteiger charge is -2.24. The van der Waals surface area contributed by atoms with Gasteiger partial charge in [-0.05, 0) is 17.5 Å². The van der Waals surface area contributed by atoms with Gasteiger partial charge in [-0.25, -0.2) is 9.78 Å². The molecule has 0 spiro atoms. The van der Waals surface area contributed by atoms with E-state index < -0.39 is 54.5 Å². The van der Waals surface area contributed by atoms with Gasteiger partial charge >= 0.3 is 5.97 Å². The molecule has 4 unspecified atom stereocenters. The fourth-order valence-corrected chi connectivity index (χ4v) is 3.85. The number of aliphatic hydroxyl groups excluding tert-OH is 1. The zero-order valence-electron chi connectivity index (χ0n) is 21.1. The Morgan fingerprint density at radius 2 is 1.31 bits per heavy atom. The Morgan fingerprint density at radius 1 is 0.769 bits per heavy atom. The van der Waals surface area contributed by atoms with Gasteiger partial charge in [0.1, 0.15) is 18.1 Å². The molecule has 0 saturated carbocycles. The van der Waals surface area contributed by atoms with Crippen LogP contribution in [0.1, 0.15) is 16.8 Å². The number of carboxylic acid groups (broad SMARTS) is 1. The van der Waals surface area contributed by atoms with Gasteiger partial charge in [0.25, 0.3) is 0 Å². The number of rotatable bonds is 14. The number of carbonyl (C=O) groups excluding carboxylic acids is 3. The first kappa shape index (κ1) is 29.0. The molecule has 0 saturated heterocycles. The summed E-state index contributed by atoms with van der Waals surface area (Å²) in [7, 11) is 0. The quantitative estimate of drug-likeness (QED) is 0.140. The summed E-state index contributed by atoms with van der Waals surface area (Å²) in [6.07, 6.45) is 3.04. The summed E-state index contributed by atoms with van der Waals surface area (Å²) in [5, 5.41) is 26.9. The van der Waals surface area contributed by atoms with Gasteiger partial charge in [-0.3, -0.25) is 14.4 Å². The zero-order valence-corrected chi connectivity index (χ0v) is 21.1. The standard InChI is InChI=1S/C27H32N6O6/c28-20(11-17-7-3-1-4-8-17)24(35)33-23(15-34)26(37)31-21(12-18-9-5-2-6-10-18)25(36)32-22(27(38)39)13-19-14-29-16-30-19/h1-10,14,16,20-23,34H,11-13,15,28H2,(H,29,30)(H,31,37)(H,32,36)(H,33,35)(H,38,39). The third kappa shape index (κ3) is 9.05. The van der Waals surface area contributed by atoms with E-state index in [1.165, 1.54) is 12.5 Å². The van der Waals surface area contributed by atoms with E-state index >= 15 is 0 Å². The van der Waals surface area contributed by atoms with Crippen molar-refractivity contribution in [3.05, 3.63) is 90.0 Å². The van der Waals surface area contributed by atoms with Gasteiger partial charge in [0.15, 0.2) is 0 Å². The second-order valence-electron chi connectivity index (χ2n) is 8.97. The predicted octanol–water partition coefficient (Wildman–Crippen LogP) is -0.704. The number of aromatic nitrogens is 2. The van der Waals surface area contributed by atoms with Crippen LogP contribution in [0.4, 0.5) is 0 Å². The maximum absolute atomic E-state index is 13.2. The number of aliphatic hydroxyl groups is 1.